The van der Waals surface area contributed by atoms with E-state index in [1.807, 2.05) is 0 Å². The molecule has 0 atom stereocenters. The van der Waals surface area contributed by atoms with Crippen LogP contribution in [0, 0.1) is 6.58 Å². The summed E-state index contributed by atoms with van der Waals surface area (Å²) in [4.78, 5) is 9.90. The van der Waals surface area contributed by atoms with Crippen molar-refractivity contribution in [1.29, 1.82) is 0 Å². The lowest BCUT2D eigenvalue weighted by Gasteiger charge is -1.87. The Kier molecular flexibility index (Phi) is 2.90. The van der Waals surface area contributed by atoms with E-state index in [9.17, 15) is 4.79 Å². The van der Waals surface area contributed by atoms with Crippen LogP contribution in [0.4, 0.5) is 0 Å². The molecule has 0 aliphatic heterocycles. The van der Waals surface area contributed by atoms with Gasteiger partial charge in [-0.2, -0.15) is 0 Å². The topological polar surface area (TPSA) is 26.3 Å². The first-order valence-electron chi connectivity index (χ1n) is 1.94. The fourth-order valence-electron chi connectivity index (χ4n) is 0.165. The van der Waals surface area contributed by atoms with E-state index in [0.29, 0.717) is 0 Å². The van der Waals surface area contributed by atoms with Crippen LogP contribution in [0.25, 0.3) is 0 Å². The smallest absolute Gasteiger partial charge is 0.303 e. The number of carbonyl (C=O) groups is 1. The molecule has 0 bridgehead atoms. The summed E-state index contributed by atoms with van der Waals surface area (Å²) in [5.41, 5.74) is 0. The average Bonchev–Trinajstić information content (AvgIpc) is 1.61. The van der Waals surface area contributed by atoms with Gasteiger partial charge in [0.1, 0.15) is 0 Å². The quantitative estimate of drug-likeness (QED) is 0.373. The second-order valence-corrected chi connectivity index (χ2v) is 1.04. The Morgan fingerprint density at radius 3 is 2.71 bits per heavy atom. The summed E-state index contributed by atoms with van der Waals surface area (Å²) in [6.07, 6.45) is 1.28. The number of ether oxygens (including phenoxy) is 1. The van der Waals surface area contributed by atoms with Crippen LogP contribution in [0.5, 0.6) is 0 Å². The highest BCUT2D eigenvalue weighted by Crippen LogP contribution is 1.73. The minimum absolute atomic E-state index is 0.204. The van der Waals surface area contributed by atoms with Crippen molar-refractivity contribution in [2.24, 2.45) is 0 Å². The lowest BCUT2D eigenvalue weighted by molar-refractivity contribution is -0.139. The minimum Gasteiger partial charge on any atom is -0.457 e. The van der Waals surface area contributed by atoms with Gasteiger partial charge in [-0.15, -0.1) is 0 Å². The summed E-state index contributed by atoms with van der Waals surface area (Å²) in [6.45, 7) is 6.42. The zero-order valence-corrected chi connectivity index (χ0v) is 4.18. The van der Waals surface area contributed by atoms with Crippen LogP contribution in [0.3, 0.4) is 0 Å². The van der Waals surface area contributed by atoms with E-state index in [1.54, 1.807) is 0 Å². The van der Waals surface area contributed by atoms with Gasteiger partial charge in [0.2, 0.25) is 6.58 Å². The summed E-state index contributed by atoms with van der Waals surface area (Å²) in [5.74, 6) is -0.304. The van der Waals surface area contributed by atoms with Crippen LogP contribution in [-0.2, 0) is 9.53 Å². The highest BCUT2D eigenvalue weighted by atomic mass is 16.5. The first kappa shape index (κ1) is 6.12. The predicted octanol–water partition coefficient (Wildman–Crippen LogP) is 0.539. The van der Waals surface area contributed by atoms with Crippen LogP contribution < -0.4 is 0 Å². The number of hydrogen-bond acceptors (Lipinski definition) is 2. The van der Waals surface area contributed by atoms with E-state index < -0.39 is 0 Å². The van der Waals surface area contributed by atoms with Gasteiger partial charge in [0.05, 0.1) is 0 Å². The van der Waals surface area contributed by atoms with Gasteiger partial charge in [-0.25, -0.2) is 0 Å². The first-order valence-corrected chi connectivity index (χ1v) is 1.94. The fraction of sp³-hybridized carbons (Fsp3) is 0.400. The van der Waals surface area contributed by atoms with E-state index >= 15 is 0 Å². The van der Waals surface area contributed by atoms with Crippen molar-refractivity contribution >= 4 is 5.97 Å². The van der Waals surface area contributed by atoms with Crippen molar-refractivity contribution in [3.8, 4) is 0 Å². The zero-order chi connectivity index (χ0) is 5.70. The zero-order valence-electron chi connectivity index (χ0n) is 4.18. The number of esters is 1. The Morgan fingerprint density at radius 1 is 2.00 bits per heavy atom. The van der Waals surface area contributed by atoms with Gasteiger partial charge in [-0.05, 0) is 0 Å². The summed E-state index contributed by atoms with van der Waals surface area (Å²) >= 11 is 0. The third kappa shape index (κ3) is 5.12. The third-order valence-corrected chi connectivity index (χ3v) is 0.383. The summed E-state index contributed by atoms with van der Waals surface area (Å²) < 4.78 is 4.37. The maximum absolute atomic E-state index is 9.90. The summed E-state index contributed by atoms with van der Waals surface area (Å²) in [6, 6.07) is 0. The van der Waals surface area contributed by atoms with Crippen molar-refractivity contribution in [1.82, 2.24) is 0 Å². The van der Waals surface area contributed by atoms with Crippen LogP contribution in [0.2, 0.25) is 0 Å². The van der Waals surface area contributed by atoms with E-state index in [-0.39, 0.29) is 12.6 Å². The summed E-state index contributed by atoms with van der Waals surface area (Å²) in [7, 11) is 0. The van der Waals surface area contributed by atoms with Gasteiger partial charge in [-0.3, -0.25) is 4.79 Å². The predicted molar refractivity (Wildman–Crippen MR) is 25.5 cm³/mol. The largest absolute Gasteiger partial charge is 0.457 e. The van der Waals surface area contributed by atoms with Crippen LogP contribution in [0.1, 0.15) is 6.92 Å². The monoisotopic (exact) mass is 99.0 g/mol. The van der Waals surface area contributed by atoms with E-state index in [2.05, 4.69) is 4.74 Å². The van der Waals surface area contributed by atoms with Crippen molar-refractivity contribution < 1.29 is 9.53 Å². The van der Waals surface area contributed by atoms with Crippen LogP contribution in [0.15, 0.2) is 6.08 Å². The standard InChI is InChI=1S/C5H7O2/c1-3-4-7-5(2)6/h1,3H,4H2,2H3/q+1. The van der Waals surface area contributed by atoms with Crippen LogP contribution >= 0.6 is 0 Å². The highest BCUT2D eigenvalue weighted by Gasteiger charge is 1.86. The number of carbonyl (C=O) groups excluding carboxylic acids is 1. The van der Waals surface area contributed by atoms with Crippen molar-refractivity contribution in [3.05, 3.63) is 12.7 Å². The Hall–Kier alpha value is -0.880. The van der Waals surface area contributed by atoms with E-state index in [0.717, 1.165) is 0 Å². The minimum atomic E-state index is -0.304. The average molecular weight is 99.1 g/mol. The molecule has 0 fully saturated rings. The molecule has 2 heteroatoms. The molecular weight excluding hydrogens is 92.1 g/mol. The SMILES string of the molecule is [CH+]=CCOC(C)=O. The van der Waals surface area contributed by atoms with Crippen molar-refractivity contribution in [3.63, 3.8) is 0 Å². The Morgan fingerprint density at radius 2 is 2.57 bits per heavy atom. The molecular formula is C5H7O2+. The Balaban J connectivity index is 2.97. The third-order valence-electron chi connectivity index (χ3n) is 0.383. The molecule has 0 saturated carbocycles. The Labute approximate surface area is 42.8 Å². The molecule has 0 aromatic carbocycles. The van der Waals surface area contributed by atoms with Gasteiger partial charge < -0.3 is 4.74 Å². The molecule has 0 heterocycles. The number of rotatable bonds is 2. The van der Waals surface area contributed by atoms with Gasteiger partial charge in [0.15, 0.2) is 12.7 Å². The molecule has 2 nitrogen and oxygen atoms in total. The molecule has 0 spiro atoms. The second kappa shape index (κ2) is 3.32. The lowest BCUT2D eigenvalue weighted by Crippen LogP contribution is -1.96. The van der Waals surface area contributed by atoms with Crippen molar-refractivity contribution in [2.75, 3.05) is 6.61 Å². The molecule has 7 heavy (non-hydrogen) atoms. The lowest BCUT2D eigenvalue weighted by atomic mass is 10.7. The highest BCUT2D eigenvalue weighted by molar-refractivity contribution is 5.65. The van der Waals surface area contributed by atoms with Gasteiger partial charge >= 0.3 is 5.97 Å². The van der Waals surface area contributed by atoms with Gasteiger partial charge in [0.25, 0.3) is 0 Å². The normalized spacial score (nSPS) is 7.43. The molecule has 0 amide bonds. The first-order chi connectivity index (χ1) is 3.27. The Bertz CT molecular complexity index is 76.1. The number of hydrogen-bond donors (Lipinski definition) is 0. The van der Waals surface area contributed by atoms with E-state index in [1.165, 1.54) is 13.0 Å². The van der Waals surface area contributed by atoms with Crippen molar-refractivity contribution in [2.45, 2.75) is 6.92 Å². The molecule has 0 radical (unpaired) electrons. The maximum atomic E-state index is 9.90. The molecule has 0 aromatic heterocycles. The second-order valence-electron chi connectivity index (χ2n) is 1.04. The molecule has 38 valence electrons. The molecule has 0 N–H and O–H groups in total. The van der Waals surface area contributed by atoms with Gasteiger partial charge in [-0.1, -0.05) is 0 Å². The molecule has 0 rings (SSSR count). The summed E-state index contributed by atoms with van der Waals surface area (Å²) in [5, 5.41) is 0. The molecule has 0 aliphatic rings. The van der Waals surface area contributed by atoms with E-state index in [4.69, 9.17) is 6.58 Å². The molecule has 0 saturated heterocycles. The maximum Gasteiger partial charge on any atom is 0.303 e. The molecule has 0 unspecified atom stereocenters. The molecule has 0 aliphatic carbocycles. The fourth-order valence-corrected chi connectivity index (χ4v) is 0.165. The molecule has 0 aromatic rings. The van der Waals surface area contributed by atoms with Gasteiger partial charge in [0, 0.05) is 6.92 Å². The van der Waals surface area contributed by atoms with Crippen LogP contribution in [-0.4, -0.2) is 12.6 Å².